The number of methoxy groups -OCH3 is 1. The van der Waals surface area contributed by atoms with Gasteiger partial charge in [-0.15, -0.1) is 0 Å². The molecule has 4 rings (SSSR count). The number of aromatic hydroxyl groups is 1. The summed E-state index contributed by atoms with van der Waals surface area (Å²) in [6.07, 6.45) is 10.3. The van der Waals surface area contributed by atoms with Crippen LogP contribution in [-0.4, -0.2) is 12.2 Å². The van der Waals surface area contributed by atoms with E-state index in [4.69, 9.17) is 15.6 Å². The summed E-state index contributed by atoms with van der Waals surface area (Å²) in [6, 6.07) is 15.4. The lowest BCUT2D eigenvalue weighted by Crippen LogP contribution is -2.14. The highest BCUT2D eigenvalue weighted by molar-refractivity contribution is 5.38. The molecule has 0 bridgehead atoms. The second-order valence-electron chi connectivity index (χ2n) is 8.48. The smallest absolute Gasteiger partial charge is 0.115 e. The molecule has 0 aromatic heterocycles. The minimum Gasteiger partial charge on any atom is -0.508 e. The summed E-state index contributed by atoms with van der Waals surface area (Å²) in [5, 5.41) is 12.3. The lowest BCUT2D eigenvalue weighted by atomic mass is 10.0. The SMILES string of the molecule is C/C(N)=C1/C=C(NCc2ccccc2C)C=CC1.CC1CC1.COCc1ccc(O)cc1. The Morgan fingerprint density at radius 1 is 1.12 bits per heavy atom. The maximum Gasteiger partial charge on any atom is 0.115 e. The Labute approximate surface area is 193 Å². The highest BCUT2D eigenvalue weighted by Gasteiger charge is 2.12. The van der Waals surface area contributed by atoms with Gasteiger partial charge >= 0.3 is 0 Å². The van der Waals surface area contributed by atoms with Crippen molar-refractivity contribution in [3.05, 3.63) is 100 Å². The molecule has 2 aliphatic carbocycles. The Morgan fingerprint density at radius 3 is 2.34 bits per heavy atom. The molecular weight excluding hydrogens is 396 g/mol. The molecule has 0 atom stereocenters. The van der Waals surface area contributed by atoms with Crippen LogP contribution >= 0.6 is 0 Å². The van der Waals surface area contributed by atoms with Crippen LogP contribution in [0.2, 0.25) is 0 Å². The maximum absolute atomic E-state index is 8.88. The molecule has 0 aliphatic heterocycles. The zero-order valence-corrected chi connectivity index (χ0v) is 19.9. The molecule has 4 heteroatoms. The van der Waals surface area contributed by atoms with Gasteiger partial charge in [-0.3, -0.25) is 0 Å². The van der Waals surface area contributed by atoms with Crippen molar-refractivity contribution in [2.75, 3.05) is 7.11 Å². The molecule has 2 aliphatic rings. The van der Waals surface area contributed by atoms with Crippen molar-refractivity contribution in [1.29, 1.82) is 0 Å². The van der Waals surface area contributed by atoms with Gasteiger partial charge in [-0.25, -0.2) is 0 Å². The van der Waals surface area contributed by atoms with Crippen LogP contribution in [0.3, 0.4) is 0 Å². The molecule has 4 nitrogen and oxygen atoms in total. The van der Waals surface area contributed by atoms with E-state index in [0.717, 1.165) is 35.8 Å². The summed E-state index contributed by atoms with van der Waals surface area (Å²) >= 11 is 0. The average Bonchev–Trinajstić information content (AvgIpc) is 3.58. The fraction of sp³-hybridized carbons (Fsp3) is 0.357. The number of rotatable bonds is 5. The molecule has 0 saturated heterocycles. The van der Waals surface area contributed by atoms with Gasteiger partial charge in [-0.1, -0.05) is 62.2 Å². The number of benzene rings is 2. The molecule has 0 unspecified atom stereocenters. The van der Waals surface area contributed by atoms with Gasteiger partial charge < -0.3 is 20.9 Å². The Kier molecular flexibility index (Phi) is 10.6. The van der Waals surface area contributed by atoms with E-state index < -0.39 is 0 Å². The number of phenols is 1. The van der Waals surface area contributed by atoms with Crippen molar-refractivity contribution in [1.82, 2.24) is 5.32 Å². The molecule has 2 aromatic carbocycles. The van der Waals surface area contributed by atoms with Gasteiger partial charge in [0.25, 0.3) is 0 Å². The van der Waals surface area contributed by atoms with E-state index in [2.05, 4.69) is 61.7 Å². The van der Waals surface area contributed by atoms with Gasteiger partial charge in [-0.05, 0) is 72.7 Å². The van der Waals surface area contributed by atoms with Gasteiger partial charge in [-0.2, -0.15) is 0 Å². The van der Waals surface area contributed by atoms with Crippen LogP contribution in [0.25, 0.3) is 0 Å². The molecule has 2 aromatic rings. The largest absolute Gasteiger partial charge is 0.508 e. The molecule has 4 N–H and O–H groups in total. The van der Waals surface area contributed by atoms with E-state index in [9.17, 15) is 0 Å². The minimum absolute atomic E-state index is 0.292. The first-order valence-corrected chi connectivity index (χ1v) is 11.3. The van der Waals surface area contributed by atoms with Crippen molar-refractivity contribution in [2.45, 2.75) is 53.2 Å². The number of hydrogen-bond donors (Lipinski definition) is 3. The number of nitrogens with one attached hydrogen (secondary N) is 1. The third-order valence-corrected chi connectivity index (χ3v) is 5.33. The van der Waals surface area contributed by atoms with Crippen molar-refractivity contribution in [2.24, 2.45) is 11.7 Å². The van der Waals surface area contributed by atoms with Gasteiger partial charge in [0.2, 0.25) is 0 Å². The summed E-state index contributed by atoms with van der Waals surface area (Å²) in [4.78, 5) is 0. The van der Waals surface area contributed by atoms with Crippen molar-refractivity contribution in [3.63, 3.8) is 0 Å². The van der Waals surface area contributed by atoms with Gasteiger partial charge in [0.15, 0.2) is 0 Å². The normalized spacial score (nSPS) is 16.1. The van der Waals surface area contributed by atoms with Crippen LogP contribution in [0.5, 0.6) is 5.75 Å². The molecule has 0 radical (unpaired) electrons. The number of nitrogens with two attached hydrogens (primary N) is 1. The summed E-state index contributed by atoms with van der Waals surface area (Å²) in [7, 11) is 1.65. The predicted molar refractivity (Wildman–Crippen MR) is 134 cm³/mol. The Hall–Kier alpha value is -2.98. The van der Waals surface area contributed by atoms with Gasteiger partial charge in [0.1, 0.15) is 5.75 Å². The van der Waals surface area contributed by atoms with Crippen molar-refractivity contribution >= 4 is 0 Å². The number of phenolic OH excluding ortho intramolecular Hbond substituents is 1. The number of hydrogen-bond acceptors (Lipinski definition) is 4. The third-order valence-electron chi connectivity index (χ3n) is 5.33. The second-order valence-corrected chi connectivity index (χ2v) is 8.48. The Balaban J connectivity index is 0.000000215. The zero-order valence-electron chi connectivity index (χ0n) is 19.9. The van der Waals surface area contributed by atoms with Crippen LogP contribution in [0.15, 0.2) is 83.7 Å². The molecule has 32 heavy (non-hydrogen) atoms. The van der Waals surface area contributed by atoms with Crippen molar-refractivity contribution < 1.29 is 9.84 Å². The molecule has 172 valence electrons. The van der Waals surface area contributed by atoms with Crippen LogP contribution in [0, 0.1) is 12.8 Å². The fourth-order valence-corrected chi connectivity index (χ4v) is 2.92. The third kappa shape index (κ3) is 9.88. The lowest BCUT2D eigenvalue weighted by Gasteiger charge is -2.14. The van der Waals surface area contributed by atoms with E-state index in [-0.39, 0.29) is 0 Å². The highest BCUT2D eigenvalue weighted by Crippen LogP contribution is 2.26. The van der Waals surface area contributed by atoms with E-state index in [0.29, 0.717) is 12.4 Å². The Morgan fingerprint density at radius 2 is 1.78 bits per heavy atom. The maximum atomic E-state index is 8.88. The summed E-state index contributed by atoms with van der Waals surface area (Å²) in [6.45, 7) is 7.81. The minimum atomic E-state index is 0.292. The van der Waals surface area contributed by atoms with E-state index in [1.807, 2.05) is 19.1 Å². The molecule has 0 amide bonds. The molecular formula is C28H38N2O2. The summed E-state index contributed by atoms with van der Waals surface area (Å²) in [5.41, 5.74) is 12.8. The highest BCUT2D eigenvalue weighted by atomic mass is 16.5. The molecule has 1 saturated carbocycles. The quantitative estimate of drug-likeness (QED) is 0.531. The molecule has 1 fully saturated rings. The Bertz CT molecular complexity index is 919. The zero-order chi connectivity index (χ0) is 23.3. The summed E-state index contributed by atoms with van der Waals surface area (Å²) < 4.78 is 4.89. The topological polar surface area (TPSA) is 67.5 Å². The van der Waals surface area contributed by atoms with Crippen LogP contribution in [0.1, 0.15) is 49.8 Å². The number of aryl methyl sites for hydroxylation is 1. The van der Waals surface area contributed by atoms with Gasteiger partial charge in [0.05, 0.1) is 6.61 Å². The first kappa shape index (κ1) is 25.3. The van der Waals surface area contributed by atoms with Crippen LogP contribution < -0.4 is 11.1 Å². The number of allylic oxidation sites excluding steroid dienone is 5. The van der Waals surface area contributed by atoms with E-state index >= 15 is 0 Å². The first-order chi connectivity index (χ1) is 15.4. The van der Waals surface area contributed by atoms with E-state index in [1.54, 1.807) is 19.2 Å². The van der Waals surface area contributed by atoms with E-state index in [1.165, 1.54) is 29.5 Å². The fourth-order valence-electron chi connectivity index (χ4n) is 2.92. The second kappa shape index (κ2) is 13.4. The molecule has 0 heterocycles. The van der Waals surface area contributed by atoms with Crippen molar-refractivity contribution in [3.8, 4) is 5.75 Å². The number of ether oxygens (including phenoxy) is 1. The standard InChI is InChI=1S/C16H20N2.C8H10O2.C4H8/c1-12-6-3-4-7-15(12)11-18-16-9-5-8-14(10-16)13(2)17;1-10-6-7-2-4-8(9)5-3-7;1-4-2-3-4/h3-7,9-10,18H,8,11,17H2,1-2H3;2-5,9H,6H2,1H3;4H,2-3H2,1H3/b14-13-;;. The first-order valence-electron chi connectivity index (χ1n) is 11.3. The average molecular weight is 435 g/mol. The lowest BCUT2D eigenvalue weighted by molar-refractivity contribution is 0.185. The summed E-state index contributed by atoms with van der Waals surface area (Å²) in [5.74, 6) is 1.37. The van der Waals surface area contributed by atoms with Crippen LogP contribution in [-0.2, 0) is 17.9 Å². The van der Waals surface area contributed by atoms with Gasteiger partial charge in [0, 0.05) is 25.0 Å². The van der Waals surface area contributed by atoms with Crippen LogP contribution in [0.4, 0.5) is 0 Å². The monoisotopic (exact) mass is 434 g/mol. The molecule has 0 spiro atoms. The predicted octanol–water partition coefficient (Wildman–Crippen LogP) is 6.12.